The van der Waals surface area contributed by atoms with Crippen LogP contribution in [0.25, 0.3) is 0 Å². The van der Waals surface area contributed by atoms with E-state index in [0.29, 0.717) is 5.02 Å². The number of rotatable bonds is 1. The molecule has 1 amide bonds. The zero-order chi connectivity index (χ0) is 7.72. The lowest BCUT2D eigenvalue weighted by atomic mass is 10.4. The first kappa shape index (κ1) is 7.44. The van der Waals surface area contributed by atoms with Gasteiger partial charge in [0, 0.05) is 6.20 Å². The van der Waals surface area contributed by atoms with Gasteiger partial charge in [-0.05, 0) is 0 Å². The van der Waals surface area contributed by atoms with E-state index < -0.39 is 5.91 Å². The Hall–Kier alpha value is -0.670. The molecule has 0 spiro atoms. The van der Waals surface area contributed by atoms with Gasteiger partial charge in [0.25, 0.3) is 5.91 Å². The van der Waals surface area contributed by atoms with Crippen LogP contribution < -0.4 is 5.73 Å². The lowest BCUT2D eigenvalue weighted by Gasteiger charge is -1.88. The lowest BCUT2D eigenvalue weighted by Crippen LogP contribution is -2.11. The summed E-state index contributed by atoms with van der Waals surface area (Å²) < 4.78 is 0. The largest absolute Gasteiger partial charge is 0.364 e. The van der Waals surface area contributed by atoms with Crippen LogP contribution in [-0.2, 0) is 0 Å². The van der Waals surface area contributed by atoms with Crippen LogP contribution in [0.5, 0.6) is 0 Å². The SMILES string of the molecule is NC(=O)c1[nH]cc(Cl)c1Cl. The van der Waals surface area contributed by atoms with Gasteiger partial charge in [0.1, 0.15) is 5.69 Å². The van der Waals surface area contributed by atoms with Crippen LogP contribution in [0.15, 0.2) is 6.20 Å². The third kappa shape index (κ3) is 1.10. The topological polar surface area (TPSA) is 58.9 Å². The van der Waals surface area contributed by atoms with E-state index in [1.165, 1.54) is 6.20 Å². The third-order valence-corrected chi connectivity index (χ3v) is 1.81. The quantitative estimate of drug-likeness (QED) is 0.672. The standard InChI is InChI=1S/C5H4Cl2N2O/c6-2-1-9-4(3(2)7)5(8)10/h1,9H,(H2,8,10). The number of nitrogens with one attached hydrogen (secondary N) is 1. The molecule has 0 aromatic carbocycles. The smallest absolute Gasteiger partial charge is 0.266 e. The van der Waals surface area contributed by atoms with Crippen LogP contribution in [0.4, 0.5) is 0 Å². The van der Waals surface area contributed by atoms with E-state index in [1.54, 1.807) is 0 Å². The number of amides is 1. The maximum Gasteiger partial charge on any atom is 0.266 e. The van der Waals surface area contributed by atoms with Gasteiger partial charge in [-0.3, -0.25) is 4.79 Å². The van der Waals surface area contributed by atoms with E-state index >= 15 is 0 Å². The Kier molecular flexibility index (Phi) is 1.87. The van der Waals surface area contributed by atoms with Crippen molar-refractivity contribution in [3.05, 3.63) is 21.9 Å². The van der Waals surface area contributed by atoms with Crippen LogP contribution in [0.3, 0.4) is 0 Å². The minimum atomic E-state index is -0.614. The first-order valence-corrected chi connectivity index (χ1v) is 3.20. The van der Waals surface area contributed by atoms with E-state index in [9.17, 15) is 4.79 Å². The summed E-state index contributed by atoms with van der Waals surface area (Å²) in [7, 11) is 0. The Bertz CT molecular complexity index is 269. The Labute approximate surface area is 67.1 Å². The molecule has 0 unspecified atom stereocenters. The second-order valence-corrected chi connectivity index (χ2v) is 2.48. The number of halogens is 2. The Morgan fingerprint density at radius 2 is 2.20 bits per heavy atom. The molecule has 0 aliphatic rings. The molecule has 3 N–H and O–H groups in total. The number of hydrogen-bond donors (Lipinski definition) is 2. The highest BCUT2D eigenvalue weighted by Crippen LogP contribution is 2.24. The summed E-state index contributed by atoms with van der Waals surface area (Å²) >= 11 is 11.0. The number of hydrogen-bond acceptors (Lipinski definition) is 1. The highest BCUT2D eigenvalue weighted by atomic mass is 35.5. The molecule has 0 saturated carbocycles. The summed E-state index contributed by atoms with van der Waals surface area (Å²) in [6.07, 6.45) is 1.41. The summed E-state index contributed by atoms with van der Waals surface area (Å²) in [5, 5.41) is 0.477. The summed E-state index contributed by atoms with van der Waals surface area (Å²) in [5.74, 6) is -0.614. The monoisotopic (exact) mass is 178 g/mol. The first-order chi connectivity index (χ1) is 4.63. The van der Waals surface area contributed by atoms with Crippen molar-refractivity contribution in [1.82, 2.24) is 4.98 Å². The summed E-state index contributed by atoms with van der Waals surface area (Å²) in [5.41, 5.74) is 5.06. The second-order valence-electron chi connectivity index (χ2n) is 1.69. The molecule has 54 valence electrons. The van der Waals surface area contributed by atoms with Crippen LogP contribution in [0.2, 0.25) is 10.0 Å². The van der Waals surface area contributed by atoms with Crippen molar-refractivity contribution in [3.63, 3.8) is 0 Å². The molecule has 0 atom stereocenters. The molecular formula is C5H4Cl2N2O. The fourth-order valence-corrected chi connectivity index (χ4v) is 0.912. The highest BCUT2D eigenvalue weighted by molar-refractivity contribution is 6.43. The van der Waals surface area contributed by atoms with Gasteiger partial charge in [0.05, 0.1) is 10.0 Å². The number of aromatic amines is 1. The van der Waals surface area contributed by atoms with Gasteiger partial charge >= 0.3 is 0 Å². The third-order valence-electron chi connectivity index (χ3n) is 1.02. The van der Waals surface area contributed by atoms with E-state index in [4.69, 9.17) is 28.9 Å². The van der Waals surface area contributed by atoms with Crippen molar-refractivity contribution in [3.8, 4) is 0 Å². The molecule has 1 rings (SSSR count). The molecule has 5 heteroatoms. The van der Waals surface area contributed by atoms with Gasteiger partial charge in [-0.15, -0.1) is 0 Å². The van der Waals surface area contributed by atoms with Crippen LogP contribution >= 0.6 is 23.2 Å². The predicted octanol–water partition coefficient (Wildman–Crippen LogP) is 1.42. The zero-order valence-corrected chi connectivity index (χ0v) is 6.33. The van der Waals surface area contributed by atoms with E-state index in [0.717, 1.165) is 0 Å². The summed E-state index contributed by atoms with van der Waals surface area (Å²) in [4.78, 5) is 13.0. The normalized spacial score (nSPS) is 9.80. The van der Waals surface area contributed by atoms with Gasteiger partial charge in [0.2, 0.25) is 0 Å². The van der Waals surface area contributed by atoms with Crippen LogP contribution in [0.1, 0.15) is 10.5 Å². The van der Waals surface area contributed by atoms with Crippen LogP contribution in [0, 0.1) is 0 Å². The van der Waals surface area contributed by atoms with Gasteiger partial charge in [0.15, 0.2) is 0 Å². The molecule has 3 nitrogen and oxygen atoms in total. The van der Waals surface area contributed by atoms with Gasteiger partial charge in [-0.2, -0.15) is 0 Å². The molecular weight excluding hydrogens is 175 g/mol. The number of carbonyl (C=O) groups excluding carboxylic acids is 1. The number of nitrogens with two attached hydrogens (primary N) is 1. The predicted molar refractivity (Wildman–Crippen MR) is 39.3 cm³/mol. The number of aromatic nitrogens is 1. The van der Waals surface area contributed by atoms with E-state index in [2.05, 4.69) is 4.98 Å². The van der Waals surface area contributed by atoms with E-state index in [-0.39, 0.29) is 10.7 Å². The first-order valence-electron chi connectivity index (χ1n) is 2.45. The summed E-state index contributed by atoms with van der Waals surface area (Å²) in [6, 6.07) is 0. The Morgan fingerprint density at radius 1 is 1.60 bits per heavy atom. The fourth-order valence-electron chi connectivity index (χ4n) is 0.561. The molecule has 1 heterocycles. The lowest BCUT2D eigenvalue weighted by molar-refractivity contribution is 0.0996. The maximum absolute atomic E-state index is 10.5. The zero-order valence-electron chi connectivity index (χ0n) is 4.82. The number of H-pyrrole nitrogens is 1. The molecule has 1 aromatic rings. The van der Waals surface area contributed by atoms with Gasteiger partial charge in [-0.1, -0.05) is 23.2 Å². The number of primary amides is 1. The van der Waals surface area contributed by atoms with Crippen molar-refractivity contribution >= 4 is 29.1 Å². The highest BCUT2D eigenvalue weighted by Gasteiger charge is 2.10. The molecule has 0 aliphatic carbocycles. The van der Waals surface area contributed by atoms with Crippen molar-refractivity contribution in [2.75, 3.05) is 0 Å². The molecule has 0 fully saturated rings. The van der Waals surface area contributed by atoms with Gasteiger partial charge in [-0.25, -0.2) is 0 Å². The van der Waals surface area contributed by atoms with Gasteiger partial charge < -0.3 is 10.7 Å². The molecule has 0 radical (unpaired) electrons. The van der Waals surface area contributed by atoms with Crippen molar-refractivity contribution in [2.45, 2.75) is 0 Å². The fraction of sp³-hybridized carbons (Fsp3) is 0. The van der Waals surface area contributed by atoms with Crippen LogP contribution in [-0.4, -0.2) is 10.9 Å². The maximum atomic E-state index is 10.5. The minimum absolute atomic E-state index is 0.145. The van der Waals surface area contributed by atoms with Crippen molar-refractivity contribution in [2.24, 2.45) is 5.73 Å². The summed E-state index contributed by atoms with van der Waals surface area (Å²) in [6.45, 7) is 0. The molecule has 0 aliphatic heterocycles. The molecule has 0 saturated heterocycles. The molecule has 1 aromatic heterocycles. The minimum Gasteiger partial charge on any atom is -0.364 e. The van der Waals surface area contributed by atoms with E-state index in [1.807, 2.05) is 0 Å². The average molecular weight is 179 g/mol. The Balaban J connectivity index is 3.17. The second kappa shape index (κ2) is 2.52. The number of carbonyl (C=O) groups is 1. The van der Waals surface area contributed by atoms with Crippen molar-refractivity contribution < 1.29 is 4.79 Å². The molecule has 0 bridgehead atoms. The molecule has 10 heavy (non-hydrogen) atoms. The Morgan fingerprint density at radius 3 is 2.40 bits per heavy atom. The average Bonchev–Trinajstić information content (AvgIpc) is 2.14. The van der Waals surface area contributed by atoms with Crippen molar-refractivity contribution in [1.29, 1.82) is 0 Å².